The Hall–Kier alpha value is 0. The Bertz CT molecular complexity index is 176. The van der Waals surface area contributed by atoms with Gasteiger partial charge in [0.1, 0.15) is 0 Å². The zero-order valence-corrected chi connectivity index (χ0v) is 10.2. The largest absolute Gasteiger partial charge is 0.0776 e. The summed E-state index contributed by atoms with van der Waals surface area (Å²) in [6.07, 6.45) is 10.7. The normalized spacial score (nSPS) is 40.0. The molecule has 0 bridgehead atoms. The van der Waals surface area contributed by atoms with Crippen molar-refractivity contribution in [2.75, 3.05) is 0 Å². The summed E-state index contributed by atoms with van der Waals surface area (Å²) in [4.78, 5) is 0. The average molecular weight is 210 g/mol. The first-order valence-corrected chi connectivity index (χ1v) is 6.65. The average Bonchev–Trinajstić information content (AvgIpc) is 2.14. The second-order valence-electron chi connectivity index (χ2n) is 6.26. The van der Waals surface area contributed by atoms with E-state index in [1.807, 2.05) is 0 Å². The molecule has 0 heteroatoms. The Labute approximate surface area is 96.8 Å². The van der Waals surface area contributed by atoms with E-state index in [0.717, 1.165) is 23.2 Å². The van der Waals surface area contributed by atoms with Gasteiger partial charge in [0.15, 0.2) is 0 Å². The van der Waals surface area contributed by atoms with Gasteiger partial charge in [-0.2, -0.15) is 0 Å². The monoisotopic (exact) mass is 210 g/mol. The summed E-state index contributed by atoms with van der Waals surface area (Å²) in [5.41, 5.74) is 0.839. The summed E-state index contributed by atoms with van der Waals surface area (Å²) in [6, 6.07) is 0. The van der Waals surface area contributed by atoms with Crippen molar-refractivity contribution in [2.24, 2.45) is 23.2 Å². The Balaban J connectivity index is 0.00000112. The van der Waals surface area contributed by atoms with Gasteiger partial charge >= 0.3 is 0 Å². The topological polar surface area (TPSA) is 0 Å². The fraction of sp³-hybridized carbons (Fsp3) is 1.00. The van der Waals surface area contributed by atoms with Crippen molar-refractivity contribution in [1.29, 1.82) is 0 Å². The standard InChI is InChI=1S/C14H26.CH4/c1-4-12-9-14(10-12)7-5-13(6-8-14)11(2)3;/h11-13H,4-10H2,1-3H3;1H4. The van der Waals surface area contributed by atoms with Crippen molar-refractivity contribution in [3.05, 3.63) is 0 Å². The van der Waals surface area contributed by atoms with Crippen LogP contribution in [0.15, 0.2) is 0 Å². The molecule has 0 saturated heterocycles. The molecule has 2 aliphatic carbocycles. The molecule has 2 saturated carbocycles. The van der Waals surface area contributed by atoms with E-state index < -0.39 is 0 Å². The number of hydrogen-bond donors (Lipinski definition) is 0. The van der Waals surface area contributed by atoms with Gasteiger partial charge in [-0.25, -0.2) is 0 Å². The van der Waals surface area contributed by atoms with Gasteiger partial charge in [-0.1, -0.05) is 34.6 Å². The van der Waals surface area contributed by atoms with Gasteiger partial charge in [-0.3, -0.25) is 0 Å². The van der Waals surface area contributed by atoms with E-state index in [9.17, 15) is 0 Å². The summed E-state index contributed by atoms with van der Waals surface area (Å²) in [7, 11) is 0. The van der Waals surface area contributed by atoms with Gasteiger partial charge < -0.3 is 0 Å². The van der Waals surface area contributed by atoms with Crippen molar-refractivity contribution in [3.63, 3.8) is 0 Å². The summed E-state index contributed by atoms with van der Waals surface area (Å²) in [5, 5.41) is 0. The Kier molecular flexibility index (Phi) is 4.26. The molecule has 0 unspecified atom stereocenters. The molecule has 15 heavy (non-hydrogen) atoms. The zero-order valence-electron chi connectivity index (χ0n) is 10.2. The first-order valence-electron chi connectivity index (χ1n) is 6.65. The lowest BCUT2D eigenvalue weighted by molar-refractivity contribution is -0.00758. The van der Waals surface area contributed by atoms with Crippen molar-refractivity contribution >= 4 is 0 Å². The highest BCUT2D eigenvalue weighted by molar-refractivity contribution is 4.96. The van der Waals surface area contributed by atoms with Gasteiger partial charge in [-0.15, -0.1) is 0 Å². The first-order chi connectivity index (χ1) is 6.65. The molecular weight excluding hydrogens is 180 g/mol. The quantitative estimate of drug-likeness (QED) is 0.582. The van der Waals surface area contributed by atoms with E-state index >= 15 is 0 Å². The smallest absolute Gasteiger partial charge is 0.0292 e. The van der Waals surface area contributed by atoms with Crippen LogP contribution >= 0.6 is 0 Å². The minimum Gasteiger partial charge on any atom is -0.0776 e. The van der Waals surface area contributed by atoms with Crippen LogP contribution in [0.4, 0.5) is 0 Å². The van der Waals surface area contributed by atoms with Crippen molar-refractivity contribution in [2.45, 2.75) is 73.1 Å². The fourth-order valence-electron chi connectivity index (χ4n) is 3.78. The van der Waals surface area contributed by atoms with Crippen molar-refractivity contribution in [1.82, 2.24) is 0 Å². The molecule has 90 valence electrons. The SMILES string of the molecule is C.CCC1CC2(CCC(C(C)C)CC2)C1. The van der Waals surface area contributed by atoms with Crippen molar-refractivity contribution < 1.29 is 0 Å². The molecule has 2 aliphatic rings. The van der Waals surface area contributed by atoms with E-state index in [2.05, 4.69) is 20.8 Å². The van der Waals surface area contributed by atoms with E-state index in [0.29, 0.717) is 0 Å². The maximum absolute atomic E-state index is 2.40. The molecule has 0 N–H and O–H groups in total. The van der Waals surface area contributed by atoms with E-state index in [4.69, 9.17) is 0 Å². The second-order valence-corrected chi connectivity index (χ2v) is 6.26. The predicted molar refractivity (Wildman–Crippen MR) is 69.0 cm³/mol. The summed E-state index contributed by atoms with van der Waals surface area (Å²) < 4.78 is 0. The highest BCUT2D eigenvalue weighted by atomic mass is 14.5. The predicted octanol–water partition coefficient (Wildman–Crippen LogP) is 5.28. The molecule has 1 spiro atoms. The molecule has 0 aromatic heterocycles. The highest BCUT2D eigenvalue weighted by Crippen LogP contribution is 2.57. The lowest BCUT2D eigenvalue weighted by atomic mass is 9.53. The molecule has 0 radical (unpaired) electrons. The van der Waals surface area contributed by atoms with Gasteiger partial charge in [0.05, 0.1) is 0 Å². The lowest BCUT2D eigenvalue weighted by Gasteiger charge is -2.52. The Morgan fingerprint density at radius 3 is 2.07 bits per heavy atom. The molecule has 0 nitrogen and oxygen atoms in total. The van der Waals surface area contributed by atoms with Gasteiger partial charge in [-0.05, 0) is 61.7 Å². The fourth-order valence-corrected chi connectivity index (χ4v) is 3.78. The molecule has 2 fully saturated rings. The van der Waals surface area contributed by atoms with Gasteiger partial charge in [0.2, 0.25) is 0 Å². The lowest BCUT2D eigenvalue weighted by Crippen LogP contribution is -2.40. The summed E-state index contributed by atoms with van der Waals surface area (Å²) >= 11 is 0. The molecule has 0 heterocycles. The van der Waals surface area contributed by atoms with E-state index in [1.165, 1.54) is 19.3 Å². The molecular formula is C15H30. The van der Waals surface area contributed by atoms with Crippen LogP contribution in [0.25, 0.3) is 0 Å². The maximum Gasteiger partial charge on any atom is -0.0292 e. The maximum atomic E-state index is 2.40. The zero-order chi connectivity index (χ0) is 10.2. The molecule has 0 aliphatic heterocycles. The molecule has 0 aromatic carbocycles. The van der Waals surface area contributed by atoms with Crippen LogP contribution in [0.2, 0.25) is 0 Å². The van der Waals surface area contributed by atoms with Crippen LogP contribution in [0.1, 0.15) is 73.1 Å². The number of rotatable bonds is 2. The molecule has 2 rings (SSSR count). The molecule has 0 amide bonds. The number of hydrogen-bond acceptors (Lipinski definition) is 0. The van der Waals surface area contributed by atoms with Crippen LogP contribution < -0.4 is 0 Å². The van der Waals surface area contributed by atoms with Crippen LogP contribution in [0, 0.1) is 23.2 Å². The van der Waals surface area contributed by atoms with Crippen LogP contribution in [0.3, 0.4) is 0 Å². The third-order valence-electron chi connectivity index (χ3n) is 5.05. The highest BCUT2D eigenvalue weighted by Gasteiger charge is 2.45. The van der Waals surface area contributed by atoms with Crippen LogP contribution in [0.5, 0.6) is 0 Å². The third-order valence-corrected chi connectivity index (χ3v) is 5.05. The van der Waals surface area contributed by atoms with Crippen molar-refractivity contribution in [3.8, 4) is 0 Å². The first kappa shape index (κ1) is 13.1. The van der Waals surface area contributed by atoms with Crippen LogP contribution in [-0.2, 0) is 0 Å². The summed E-state index contributed by atoms with van der Waals surface area (Å²) in [5.74, 6) is 3.06. The molecule has 0 atom stereocenters. The minimum atomic E-state index is 0. The summed E-state index contributed by atoms with van der Waals surface area (Å²) in [6.45, 7) is 7.16. The van der Waals surface area contributed by atoms with E-state index in [-0.39, 0.29) is 7.43 Å². The van der Waals surface area contributed by atoms with Crippen LogP contribution in [-0.4, -0.2) is 0 Å². The Morgan fingerprint density at radius 2 is 1.67 bits per heavy atom. The van der Waals surface area contributed by atoms with Gasteiger partial charge in [0, 0.05) is 0 Å². The molecule has 0 aromatic rings. The second kappa shape index (κ2) is 4.89. The third kappa shape index (κ3) is 2.57. The van der Waals surface area contributed by atoms with E-state index in [1.54, 1.807) is 25.7 Å². The van der Waals surface area contributed by atoms with Gasteiger partial charge in [0.25, 0.3) is 0 Å². The minimum absolute atomic E-state index is 0. The Morgan fingerprint density at radius 1 is 1.13 bits per heavy atom.